The minimum atomic E-state index is 0.310. The fraction of sp³-hybridized carbons (Fsp3) is 0.750. The lowest BCUT2D eigenvalue weighted by Crippen LogP contribution is -2.33. The summed E-state index contributed by atoms with van der Waals surface area (Å²) in [4.78, 5) is 0. The summed E-state index contributed by atoms with van der Waals surface area (Å²) in [6.07, 6.45) is 4.11. The third-order valence-corrected chi connectivity index (χ3v) is 1.35. The van der Waals surface area contributed by atoms with Crippen molar-refractivity contribution >= 4 is 0 Å². The second kappa shape index (κ2) is 6.78. The van der Waals surface area contributed by atoms with Crippen LogP contribution in [0.15, 0.2) is 12.7 Å². The van der Waals surface area contributed by atoms with Gasteiger partial charge in [-0.25, -0.2) is 0 Å². The molecule has 2 heteroatoms. The van der Waals surface area contributed by atoms with E-state index in [0.717, 1.165) is 25.9 Å². The molecule has 0 aliphatic heterocycles. The van der Waals surface area contributed by atoms with Gasteiger partial charge in [0.25, 0.3) is 0 Å². The third kappa shape index (κ3) is 5.79. The van der Waals surface area contributed by atoms with Crippen LogP contribution < -0.4 is 11.1 Å². The minimum absolute atomic E-state index is 0.310. The highest BCUT2D eigenvalue weighted by atomic mass is 14.9. The van der Waals surface area contributed by atoms with Crippen molar-refractivity contribution in [3.63, 3.8) is 0 Å². The Hall–Kier alpha value is -0.340. The Morgan fingerprint density at radius 2 is 2.40 bits per heavy atom. The van der Waals surface area contributed by atoms with Crippen LogP contribution in [0.1, 0.15) is 19.8 Å². The molecule has 0 radical (unpaired) electrons. The largest absolute Gasteiger partial charge is 0.327 e. The van der Waals surface area contributed by atoms with Crippen LogP contribution in [0, 0.1) is 0 Å². The fourth-order valence-electron chi connectivity index (χ4n) is 0.844. The summed E-state index contributed by atoms with van der Waals surface area (Å²) in [6.45, 7) is 7.51. The molecule has 0 heterocycles. The van der Waals surface area contributed by atoms with Crippen molar-refractivity contribution in [2.45, 2.75) is 25.8 Å². The topological polar surface area (TPSA) is 38.0 Å². The lowest BCUT2D eigenvalue weighted by molar-refractivity contribution is 0.557. The zero-order chi connectivity index (χ0) is 7.82. The Morgan fingerprint density at radius 3 is 2.90 bits per heavy atom. The maximum absolute atomic E-state index is 5.73. The molecule has 0 aromatic heterocycles. The summed E-state index contributed by atoms with van der Waals surface area (Å²) < 4.78 is 0. The standard InChI is InChI=1S/C8H18N2/c1-3-5-8(9)7-10-6-4-2/h4,8,10H,2-3,5-7,9H2,1H3. The highest BCUT2D eigenvalue weighted by Gasteiger charge is 1.97. The van der Waals surface area contributed by atoms with E-state index in [2.05, 4.69) is 18.8 Å². The quantitative estimate of drug-likeness (QED) is 0.427. The smallest absolute Gasteiger partial charge is 0.0165 e. The van der Waals surface area contributed by atoms with Crippen molar-refractivity contribution in [1.82, 2.24) is 5.32 Å². The van der Waals surface area contributed by atoms with E-state index >= 15 is 0 Å². The van der Waals surface area contributed by atoms with E-state index in [0.29, 0.717) is 6.04 Å². The second-order valence-corrected chi connectivity index (χ2v) is 2.50. The van der Waals surface area contributed by atoms with Gasteiger partial charge in [0.15, 0.2) is 0 Å². The van der Waals surface area contributed by atoms with E-state index in [1.807, 2.05) is 6.08 Å². The van der Waals surface area contributed by atoms with Gasteiger partial charge in [0.2, 0.25) is 0 Å². The molecule has 0 amide bonds. The average molecular weight is 142 g/mol. The van der Waals surface area contributed by atoms with E-state index < -0.39 is 0 Å². The lowest BCUT2D eigenvalue weighted by atomic mass is 10.2. The highest BCUT2D eigenvalue weighted by molar-refractivity contribution is 4.72. The summed E-state index contributed by atoms with van der Waals surface area (Å²) in [7, 11) is 0. The van der Waals surface area contributed by atoms with Crippen LogP contribution in [0.25, 0.3) is 0 Å². The van der Waals surface area contributed by atoms with Crippen LogP contribution in [0.3, 0.4) is 0 Å². The van der Waals surface area contributed by atoms with Crippen molar-refractivity contribution in [2.75, 3.05) is 13.1 Å². The monoisotopic (exact) mass is 142 g/mol. The van der Waals surface area contributed by atoms with Crippen LogP contribution in [-0.2, 0) is 0 Å². The Balaban J connectivity index is 3.04. The maximum Gasteiger partial charge on any atom is 0.0165 e. The molecule has 0 aliphatic rings. The maximum atomic E-state index is 5.73. The summed E-state index contributed by atoms with van der Waals surface area (Å²) >= 11 is 0. The van der Waals surface area contributed by atoms with Gasteiger partial charge in [-0.15, -0.1) is 6.58 Å². The van der Waals surface area contributed by atoms with Crippen molar-refractivity contribution in [1.29, 1.82) is 0 Å². The summed E-state index contributed by atoms with van der Waals surface area (Å²) in [5.74, 6) is 0. The predicted octanol–water partition coefficient (Wildman–Crippen LogP) is 0.889. The van der Waals surface area contributed by atoms with E-state index in [1.54, 1.807) is 0 Å². The molecule has 60 valence electrons. The lowest BCUT2D eigenvalue weighted by Gasteiger charge is -2.09. The van der Waals surface area contributed by atoms with Crippen LogP contribution in [0.5, 0.6) is 0 Å². The first kappa shape index (κ1) is 9.66. The van der Waals surface area contributed by atoms with Gasteiger partial charge < -0.3 is 11.1 Å². The van der Waals surface area contributed by atoms with Gasteiger partial charge in [0.1, 0.15) is 0 Å². The molecule has 0 aliphatic carbocycles. The van der Waals surface area contributed by atoms with Crippen LogP contribution in [0.2, 0.25) is 0 Å². The number of nitrogens with one attached hydrogen (secondary N) is 1. The van der Waals surface area contributed by atoms with Crippen molar-refractivity contribution < 1.29 is 0 Å². The first-order chi connectivity index (χ1) is 4.81. The van der Waals surface area contributed by atoms with Crippen molar-refractivity contribution in [2.24, 2.45) is 5.73 Å². The van der Waals surface area contributed by atoms with Crippen LogP contribution in [-0.4, -0.2) is 19.1 Å². The molecule has 0 saturated heterocycles. The van der Waals surface area contributed by atoms with E-state index in [-0.39, 0.29) is 0 Å². The molecule has 1 unspecified atom stereocenters. The van der Waals surface area contributed by atoms with Gasteiger partial charge in [0, 0.05) is 19.1 Å². The number of nitrogens with two attached hydrogens (primary N) is 1. The number of hydrogen-bond donors (Lipinski definition) is 2. The molecule has 0 aromatic carbocycles. The Labute approximate surface area is 63.5 Å². The summed E-state index contributed by atoms with van der Waals surface area (Å²) in [5, 5.41) is 3.18. The zero-order valence-corrected chi connectivity index (χ0v) is 6.77. The summed E-state index contributed by atoms with van der Waals surface area (Å²) in [5.41, 5.74) is 5.73. The first-order valence-electron chi connectivity index (χ1n) is 3.88. The first-order valence-corrected chi connectivity index (χ1v) is 3.88. The highest BCUT2D eigenvalue weighted by Crippen LogP contribution is 1.90. The van der Waals surface area contributed by atoms with E-state index in [9.17, 15) is 0 Å². The van der Waals surface area contributed by atoms with Crippen molar-refractivity contribution in [3.8, 4) is 0 Å². The van der Waals surface area contributed by atoms with Gasteiger partial charge in [-0.2, -0.15) is 0 Å². The molecule has 0 aromatic rings. The molecule has 2 nitrogen and oxygen atoms in total. The molecule has 0 bridgehead atoms. The summed E-state index contributed by atoms with van der Waals surface area (Å²) in [6, 6.07) is 0.310. The Morgan fingerprint density at radius 1 is 1.70 bits per heavy atom. The molecule has 3 N–H and O–H groups in total. The molecule has 0 rings (SSSR count). The molecule has 1 atom stereocenters. The fourth-order valence-corrected chi connectivity index (χ4v) is 0.844. The molecule has 0 saturated carbocycles. The Bertz CT molecular complexity index is 81.3. The zero-order valence-electron chi connectivity index (χ0n) is 6.77. The van der Waals surface area contributed by atoms with Crippen LogP contribution >= 0.6 is 0 Å². The van der Waals surface area contributed by atoms with Crippen molar-refractivity contribution in [3.05, 3.63) is 12.7 Å². The average Bonchev–Trinajstić information content (AvgIpc) is 1.89. The molecular weight excluding hydrogens is 124 g/mol. The Kier molecular flexibility index (Phi) is 6.55. The SMILES string of the molecule is C=CCNCC(N)CCC. The van der Waals surface area contributed by atoms with Gasteiger partial charge in [-0.1, -0.05) is 19.4 Å². The van der Waals surface area contributed by atoms with Crippen LogP contribution in [0.4, 0.5) is 0 Å². The van der Waals surface area contributed by atoms with Gasteiger partial charge in [-0.3, -0.25) is 0 Å². The molecule has 0 fully saturated rings. The second-order valence-electron chi connectivity index (χ2n) is 2.50. The van der Waals surface area contributed by atoms with Gasteiger partial charge >= 0.3 is 0 Å². The number of rotatable bonds is 6. The van der Waals surface area contributed by atoms with E-state index in [4.69, 9.17) is 5.73 Å². The van der Waals surface area contributed by atoms with E-state index in [1.165, 1.54) is 0 Å². The minimum Gasteiger partial charge on any atom is -0.327 e. The normalized spacial score (nSPS) is 13.0. The molecule has 10 heavy (non-hydrogen) atoms. The molecule has 0 spiro atoms. The predicted molar refractivity (Wildman–Crippen MR) is 46.0 cm³/mol. The van der Waals surface area contributed by atoms with Gasteiger partial charge in [0.05, 0.1) is 0 Å². The third-order valence-electron chi connectivity index (χ3n) is 1.35. The number of hydrogen-bond acceptors (Lipinski definition) is 2. The van der Waals surface area contributed by atoms with Gasteiger partial charge in [-0.05, 0) is 6.42 Å². The molecular formula is C8H18N2.